The first-order valence-electron chi connectivity index (χ1n) is 7.37. The largest absolute Gasteiger partial charge is 0.464 e. The Morgan fingerprint density at radius 2 is 1.95 bits per heavy atom. The summed E-state index contributed by atoms with van der Waals surface area (Å²) in [5, 5.41) is 0. The van der Waals surface area contributed by atoms with Crippen molar-refractivity contribution in [1.29, 1.82) is 0 Å². The molecule has 2 aromatic heterocycles. The first-order valence-corrected chi connectivity index (χ1v) is 7.37. The minimum atomic E-state index is -0.0314. The third kappa shape index (κ3) is 2.36. The molecule has 0 bridgehead atoms. The van der Waals surface area contributed by atoms with E-state index in [1.54, 1.807) is 0 Å². The fraction of sp³-hybridized carbons (Fsp3) is 0.353. The molecule has 21 heavy (non-hydrogen) atoms. The number of para-hydroxylation sites is 2. The van der Waals surface area contributed by atoms with Crippen LogP contribution in [0.25, 0.3) is 11.0 Å². The highest BCUT2D eigenvalue weighted by Crippen LogP contribution is 2.30. The van der Waals surface area contributed by atoms with Gasteiger partial charge in [-0.1, -0.05) is 19.1 Å². The third-order valence-corrected chi connectivity index (χ3v) is 3.98. The van der Waals surface area contributed by atoms with Crippen molar-refractivity contribution < 1.29 is 4.42 Å². The molecular formula is C17H21N3O. The van der Waals surface area contributed by atoms with Crippen LogP contribution in [0, 0.1) is 13.8 Å². The summed E-state index contributed by atoms with van der Waals surface area (Å²) in [7, 11) is 0. The normalized spacial score (nSPS) is 14.5. The molecular weight excluding hydrogens is 262 g/mol. The van der Waals surface area contributed by atoms with Crippen LogP contribution in [0.5, 0.6) is 0 Å². The summed E-state index contributed by atoms with van der Waals surface area (Å²) in [4.78, 5) is 4.65. The number of furan rings is 1. The van der Waals surface area contributed by atoms with Gasteiger partial charge < -0.3 is 14.7 Å². The summed E-state index contributed by atoms with van der Waals surface area (Å²) >= 11 is 0. The SMILES string of the molecule is CCC(N)C(c1ccc(C)o1)n1c(C)nc2ccccc21. The van der Waals surface area contributed by atoms with Gasteiger partial charge in [0.2, 0.25) is 0 Å². The Kier molecular flexibility index (Phi) is 3.55. The van der Waals surface area contributed by atoms with Crippen LogP contribution in [0.1, 0.15) is 36.7 Å². The molecule has 0 spiro atoms. The standard InChI is InChI=1S/C17H21N3O/c1-4-13(18)17(16-10-9-11(2)21-16)20-12(3)19-14-7-5-6-8-15(14)20/h5-10,13,17H,4,18H2,1-3H3. The van der Waals surface area contributed by atoms with Crippen molar-refractivity contribution >= 4 is 11.0 Å². The van der Waals surface area contributed by atoms with Crippen molar-refractivity contribution in [2.45, 2.75) is 39.3 Å². The van der Waals surface area contributed by atoms with Crippen molar-refractivity contribution in [1.82, 2.24) is 9.55 Å². The Bertz CT molecular complexity index is 756. The zero-order chi connectivity index (χ0) is 15.0. The van der Waals surface area contributed by atoms with E-state index in [-0.39, 0.29) is 12.1 Å². The van der Waals surface area contributed by atoms with Crippen LogP contribution in [0.15, 0.2) is 40.8 Å². The second kappa shape index (κ2) is 5.37. The molecule has 0 aliphatic carbocycles. The molecule has 0 radical (unpaired) electrons. The molecule has 110 valence electrons. The Labute approximate surface area is 124 Å². The van der Waals surface area contributed by atoms with Gasteiger partial charge in [0.15, 0.2) is 0 Å². The molecule has 0 saturated carbocycles. The predicted octanol–water partition coefficient (Wildman–Crippen LogP) is 3.57. The Hall–Kier alpha value is -2.07. The lowest BCUT2D eigenvalue weighted by molar-refractivity contribution is 0.366. The van der Waals surface area contributed by atoms with Gasteiger partial charge in [-0.25, -0.2) is 4.98 Å². The zero-order valence-corrected chi connectivity index (χ0v) is 12.7. The maximum absolute atomic E-state index is 6.40. The highest BCUT2D eigenvalue weighted by atomic mass is 16.3. The molecule has 1 aromatic carbocycles. The summed E-state index contributed by atoms with van der Waals surface area (Å²) in [6, 6.07) is 12.1. The minimum absolute atomic E-state index is 0.0214. The molecule has 2 N–H and O–H groups in total. The fourth-order valence-electron chi connectivity index (χ4n) is 2.88. The summed E-state index contributed by atoms with van der Waals surface area (Å²) in [5.41, 5.74) is 8.49. The van der Waals surface area contributed by atoms with Gasteiger partial charge in [0.05, 0.1) is 11.0 Å². The van der Waals surface area contributed by atoms with Crippen molar-refractivity contribution in [3.8, 4) is 0 Å². The van der Waals surface area contributed by atoms with Gasteiger partial charge in [-0.2, -0.15) is 0 Å². The highest BCUT2D eigenvalue weighted by molar-refractivity contribution is 5.76. The molecule has 2 unspecified atom stereocenters. The Morgan fingerprint density at radius 3 is 2.62 bits per heavy atom. The number of aromatic nitrogens is 2. The monoisotopic (exact) mass is 283 g/mol. The molecule has 0 aliphatic rings. The molecule has 0 fully saturated rings. The van der Waals surface area contributed by atoms with Gasteiger partial charge in [-0.3, -0.25) is 0 Å². The summed E-state index contributed by atoms with van der Waals surface area (Å²) in [6.07, 6.45) is 0.871. The van der Waals surface area contributed by atoms with Crippen molar-refractivity contribution in [2.75, 3.05) is 0 Å². The van der Waals surface area contributed by atoms with Gasteiger partial charge in [-0.15, -0.1) is 0 Å². The van der Waals surface area contributed by atoms with E-state index in [2.05, 4.69) is 22.5 Å². The number of nitrogens with two attached hydrogens (primary N) is 1. The number of hydrogen-bond acceptors (Lipinski definition) is 3. The second-order valence-corrected chi connectivity index (χ2v) is 5.48. The van der Waals surface area contributed by atoms with E-state index in [4.69, 9.17) is 10.2 Å². The third-order valence-electron chi connectivity index (χ3n) is 3.98. The molecule has 2 heterocycles. The van der Waals surface area contributed by atoms with Crippen LogP contribution in [0.3, 0.4) is 0 Å². The molecule has 3 rings (SSSR count). The smallest absolute Gasteiger partial charge is 0.128 e. The number of rotatable bonds is 4. The maximum atomic E-state index is 6.40. The van der Waals surface area contributed by atoms with Crippen LogP contribution < -0.4 is 5.73 Å². The number of imidazole rings is 1. The van der Waals surface area contributed by atoms with E-state index in [0.717, 1.165) is 34.8 Å². The van der Waals surface area contributed by atoms with Crippen LogP contribution in [0.2, 0.25) is 0 Å². The average molecular weight is 283 g/mol. The molecule has 4 heteroatoms. The maximum Gasteiger partial charge on any atom is 0.128 e. The Balaban J connectivity index is 2.21. The van der Waals surface area contributed by atoms with Crippen LogP contribution in [-0.4, -0.2) is 15.6 Å². The lowest BCUT2D eigenvalue weighted by Gasteiger charge is -2.24. The molecule has 4 nitrogen and oxygen atoms in total. The van der Waals surface area contributed by atoms with Crippen LogP contribution in [0.4, 0.5) is 0 Å². The fourth-order valence-corrected chi connectivity index (χ4v) is 2.88. The topological polar surface area (TPSA) is 57.0 Å². The molecule has 0 aliphatic heterocycles. The summed E-state index contributed by atoms with van der Waals surface area (Å²) in [5.74, 6) is 2.76. The molecule has 0 amide bonds. The van der Waals surface area contributed by atoms with Crippen LogP contribution >= 0.6 is 0 Å². The molecule has 0 saturated heterocycles. The number of nitrogens with zero attached hydrogens (tertiary/aromatic N) is 2. The quantitative estimate of drug-likeness (QED) is 0.796. The van der Waals surface area contributed by atoms with Gasteiger partial charge in [0, 0.05) is 6.04 Å². The number of benzene rings is 1. The lowest BCUT2D eigenvalue weighted by atomic mass is 10.0. The van der Waals surface area contributed by atoms with Gasteiger partial charge in [0.25, 0.3) is 0 Å². The average Bonchev–Trinajstić information content (AvgIpc) is 3.04. The van der Waals surface area contributed by atoms with E-state index in [0.29, 0.717) is 0 Å². The summed E-state index contributed by atoms with van der Waals surface area (Å²) in [6.45, 7) is 6.07. The summed E-state index contributed by atoms with van der Waals surface area (Å²) < 4.78 is 8.06. The first-order chi connectivity index (χ1) is 10.1. The number of hydrogen-bond donors (Lipinski definition) is 1. The zero-order valence-electron chi connectivity index (χ0n) is 12.7. The van der Waals surface area contributed by atoms with E-state index < -0.39 is 0 Å². The second-order valence-electron chi connectivity index (χ2n) is 5.48. The van der Waals surface area contributed by atoms with Crippen molar-refractivity contribution in [2.24, 2.45) is 5.73 Å². The van der Waals surface area contributed by atoms with E-state index >= 15 is 0 Å². The van der Waals surface area contributed by atoms with Gasteiger partial charge in [-0.05, 0) is 44.5 Å². The van der Waals surface area contributed by atoms with Crippen molar-refractivity contribution in [3.05, 3.63) is 53.7 Å². The van der Waals surface area contributed by atoms with E-state index in [1.165, 1.54) is 0 Å². The molecule has 2 atom stereocenters. The van der Waals surface area contributed by atoms with Crippen LogP contribution in [-0.2, 0) is 0 Å². The van der Waals surface area contributed by atoms with E-state index in [9.17, 15) is 0 Å². The number of fused-ring (bicyclic) bond motifs is 1. The molecule has 3 aromatic rings. The predicted molar refractivity (Wildman–Crippen MR) is 84.3 cm³/mol. The highest BCUT2D eigenvalue weighted by Gasteiger charge is 2.26. The van der Waals surface area contributed by atoms with Gasteiger partial charge >= 0.3 is 0 Å². The van der Waals surface area contributed by atoms with Gasteiger partial charge in [0.1, 0.15) is 23.4 Å². The van der Waals surface area contributed by atoms with Crippen molar-refractivity contribution in [3.63, 3.8) is 0 Å². The lowest BCUT2D eigenvalue weighted by Crippen LogP contribution is -2.32. The van der Waals surface area contributed by atoms with E-state index in [1.807, 2.05) is 44.2 Å². The number of aryl methyl sites for hydroxylation is 2. The minimum Gasteiger partial charge on any atom is -0.464 e. The first kappa shape index (κ1) is 13.9. The Morgan fingerprint density at radius 1 is 1.19 bits per heavy atom.